The number of phenols is 1. The van der Waals surface area contributed by atoms with Gasteiger partial charge in [0.25, 0.3) is 0 Å². The number of carbonyl (C=O) groups excluding carboxylic acids is 5. The van der Waals surface area contributed by atoms with E-state index in [0.717, 1.165) is 11.1 Å². The van der Waals surface area contributed by atoms with Crippen molar-refractivity contribution < 1.29 is 33.8 Å². The minimum atomic E-state index is -1.31. The summed E-state index contributed by atoms with van der Waals surface area (Å²) in [5.74, 6) is -3.47. The van der Waals surface area contributed by atoms with Crippen LogP contribution in [0.1, 0.15) is 116 Å². The van der Waals surface area contributed by atoms with Gasteiger partial charge in [-0.05, 0) is 105 Å². The second kappa shape index (κ2) is 24.3. The molecule has 0 radical (unpaired) electrons. The summed E-state index contributed by atoms with van der Waals surface area (Å²) in [5.41, 5.74) is 23.2. The summed E-state index contributed by atoms with van der Waals surface area (Å²) in [4.78, 5) is 82.2. The molecule has 0 saturated carbocycles. The fourth-order valence-electron chi connectivity index (χ4n) is 8.68. The van der Waals surface area contributed by atoms with Crippen molar-refractivity contribution in [3.05, 3.63) is 93.8 Å². The number of rotatable bonds is 17. The van der Waals surface area contributed by atoms with Crippen LogP contribution in [0.15, 0.2) is 54.6 Å². The average Bonchev–Trinajstić information content (AvgIpc) is 3.28. The maximum atomic E-state index is 14.9. The Kier molecular flexibility index (Phi) is 19.5. The van der Waals surface area contributed by atoms with Gasteiger partial charge in [-0.3, -0.25) is 24.0 Å². The van der Waals surface area contributed by atoms with Crippen LogP contribution in [0, 0.1) is 37.0 Å². The van der Waals surface area contributed by atoms with Gasteiger partial charge in [-0.25, -0.2) is 9.97 Å². The van der Waals surface area contributed by atoms with Crippen molar-refractivity contribution in [3.8, 4) is 40.1 Å². The maximum absolute atomic E-state index is 14.9. The number of hydrogen-bond acceptors (Lipinski definition) is 13. The molecular weight excluding hydrogens is 881 g/mol. The third-order valence-electron chi connectivity index (χ3n) is 12.4. The molecule has 1 aliphatic rings. The third kappa shape index (κ3) is 13.2. The minimum Gasteiger partial charge on any atom is -0.507 e. The van der Waals surface area contributed by atoms with E-state index >= 15 is 0 Å². The Morgan fingerprint density at radius 3 is 2.24 bits per heavy atom. The van der Waals surface area contributed by atoms with E-state index in [9.17, 15) is 34.3 Å². The highest BCUT2D eigenvalue weighted by molar-refractivity contribution is 7.59. The van der Waals surface area contributed by atoms with Crippen molar-refractivity contribution in [2.45, 2.75) is 110 Å². The number of ether oxygens (including phenoxy) is 1. The van der Waals surface area contributed by atoms with Crippen LogP contribution >= 0.6 is 13.5 Å². The van der Waals surface area contributed by atoms with E-state index < -0.39 is 41.5 Å². The lowest BCUT2D eigenvalue weighted by Crippen LogP contribution is -2.46. The number of benzene rings is 3. The molecule has 0 spiro atoms. The van der Waals surface area contributed by atoms with Gasteiger partial charge in [0.2, 0.25) is 11.8 Å². The van der Waals surface area contributed by atoms with Crippen molar-refractivity contribution in [1.82, 2.24) is 20.2 Å². The molecule has 15 nitrogen and oxygen atoms in total. The fraction of sp³-hybridized carbons (Fsp3) is 0.462. The Hall–Kier alpha value is -5.99. The first-order chi connectivity index (χ1) is 31.8. The van der Waals surface area contributed by atoms with Gasteiger partial charge in [-0.15, -0.1) is 0 Å². The van der Waals surface area contributed by atoms with Crippen molar-refractivity contribution >= 4 is 42.7 Å². The molecule has 4 atom stereocenters. The van der Waals surface area contributed by atoms with Crippen LogP contribution in [0.4, 0.5) is 0 Å². The van der Waals surface area contributed by atoms with Crippen molar-refractivity contribution in [3.63, 3.8) is 0 Å². The number of nitrogens with two attached hydrogens (primary N) is 3. The summed E-state index contributed by atoms with van der Waals surface area (Å²) in [7, 11) is 1.48. The van der Waals surface area contributed by atoms with Crippen LogP contribution < -0.4 is 27.3 Å². The molecule has 0 aliphatic carbocycles. The van der Waals surface area contributed by atoms with Crippen LogP contribution in [0.25, 0.3) is 22.5 Å². The first-order valence-corrected chi connectivity index (χ1v) is 23.0. The highest BCUT2D eigenvalue weighted by atomic mass is 32.1. The number of ketones is 3. The quantitative estimate of drug-likeness (QED) is 0.0760. The summed E-state index contributed by atoms with van der Waals surface area (Å²) in [6, 6.07) is 16.2. The zero-order valence-corrected chi connectivity index (χ0v) is 41.4. The Balaban J connectivity index is 0.0000101. The van der Waals surface area contributed by atoms with Gasteiger partial charge in [0.1, 0.15) is 24.1 Å². The van der Waals surface area contributed by atoms with Gasteiger partial charge in [0.05, 0.1) is 29.1 Å². The monoisotopic (exact) mass is 948 g/mol. The van der Waals surface area contributed by atoms with Crippen LogP contribution in [-0.2, 0) is 37.4 Å². The zero-order chi connectivity index (χ0) is 49.2. The highest BCUT2D eigenvalue weighted by Crippen LogP contribution is 2.43. The molecule has 8 N–H and O–H groups in total. The maximum Gasteiger partial charge on any atom is 0.226 e. The molecule has 1 aromatic heterocycles. The minimum absolute atomic E-state index is 0. The number of nitrogens with one attached hydrogen (secondary N) is 1. The standard InChI is InChI=1S/C52H66N8O7.H2S/c1-30-24-44(63)47(60(7)51(66)36(18-21-55)29-43(62)46-31(2)57-49(58-32(46)3)34-13-15-38(16-14-34)52(4,5)6)37-27-35(10-8-19-53)48(64)40(28-37)39-25-33(12-17-45(39)67-23-22-56)26-41(59-50(30)65)42(61)11-9-20-54;/h12-17,25,27-28,30,36,41,47,64H,8-11,18-19,21-24,26,29,53,55-56H2,1-7H3,(H,59,65);1H2/t30-,36-,41+,47+;/m1./s1. The predicted molar refractivity (Wildman–Crippen MR) is 267 cm³/mol. The molecule has 2 heterocycles. The van der Waals surface area contributed by atoms with Crippen LogP contribution in [0.5, 0.6) is 11.5 Å². The Bertz CT molecular complexity index is 2490. The Morgan fingerprint density at radius 1 is 0.956 bits per heavy atom. The van der Waals surface area contributed by atoms with E-state index in [4.69, 9.17) is 31.9 Å². The lowest BCUT2D eigenvalue weighted by Gasteiger charge is -2.32. The second-order valence-corrected chi connectivity index (χ2v) is 18.6. The number of carbonyl (C=O) groups is 5. The number of nitrogens with zero attached hydrogens (tertiary/aromatic N) is 4. The molecule has 364 valence electrons. The molecule has 68 heavy (non-hydrogen) atoms. The molecule has 0 fully saturated rings. The fourth-order valence-corrected chi connectivity index (χ4v) is 8.68. The number of Topliss-reactive ketones (excluding diaryl/α,β-unsaturated/α-hetero) is 3. The molecule has 2 amide bonds. The third-order valence-corrected chi connectivity index (χ3v) is 12.4. The van der Waals surface area contributed by atoms with E-state index in [0.29, 0.717) is 75.7 Å². The number of likely N-dealkylation sites (N-methyl/N-ethyl adjacent to an activating group) is 1. The van der Waals surface area contributed by atoms with Gasteiger partial charge in [0, 0.05) is 67.8 Å². The van der Waals surface area contributed by atoms with E-state index in [2.05, 4.69) is 26.1 Å². The SMILES string of the molecule is Cc1nc(-c2ccc(C(C)(C)C)cc2)nc(C)c1C(=O)C[C@@H](CCN)C(=O)N(C)[C@@H]1C(=O)C[C@@H](C)C(=O)N[C@H](C(=O)CCC#N)Cc2ccc(OCCN)c(c2)-c2cc1cc(CCCN)c2O.S. The largest absolute Gasteiger partial charge is 0.507 e. The average molecular weight is 949 g/mol. The summed E-state index contributed by atoms with van der Waals surface area (Å²) in [6.07, 6.45) is 0.250. The molecule has 5 rings (SSSR count). The van der Waals surface area contributed by atoms with E-state index in [-0.39, 0.29) is 94.4 Å². The predicted octanol–water partition coefficient (Wildman–Crippen LogP) is 6.02. The van der Waals surface area contributed by atoms with Crippen molar-refractivity contribution in [1.29, 1.82) is 5.26 Å². The van der Waals surface area contributed by atoms with Gasteiger partial charge < -0.3 is 37.3 Å². The van der Waals surface area contributed by atoms with Gasteiger partial charge in [-0.1, -0.05) is 58.0 Å². The molecule has 0 unspecified atom stereocenters. The van der Waals surface area contributed by atoms with E-state index in [1.165, 1.54) is 11.9 Å². The number of fused-ring (bicyclic) bond motifs is 5. The van der Waals surface area contributed by atoms with Crippen LogP contribution in [0.3, 0.4) is 0 Å². The molecule has 0 saturated heterocycles. The van der Waals surface area contributed by atoms with Crippen LogP contribution in [-0.4, -0.2) is 88.5 Å². The molecular formula is C52H68N8O7S. The molecule has 4 aromatic rings. The normalized spacial score (nSPS) is 16.6. The van der Waals surface area contributed by atoms with E-state index in [1.54, 1.807) is 51.1 Å². The first kappa shape index (κ1) is 54.6. The number of aromatic hydroxyl groups is 1. The number of aromatic nitrogens is 2. The highest BCUT2D eigenvalue weighted by Gasteiger charge is 2.37. The summed E-state index contributed by atoms with van der Waals surface area (Å²) in [6.45, 7) is 12.1. The number of nitriles is 1. The topological polar surface area (TPSA) is 258 Å². The number of hydrogen-bond donors (Lipinski definition) is 5. The van der Waals surface area contributed by atoms with Gasteiger partial charge in [-0.2, -0.15) is 18.8 Å². The van der Waals surface area contributed by atoms with Crippen molar-refractivity contribution in [2.75, 3.05) is 33.3 Å². The van der Waals surface area contributed by atoms with Crippen molar-refractivity contribution in [2.24, 2.45) is 29.0 Å². The molecule has 1 aliphatic heterocycles. The van der Waals surface area contributed by atoms with Gasteiger partial charge >= 0.3 is 0 Å². The second-order valence-electron chi connectivity index (χ2n) is 18.6. The van der Waals surface area contributed by atoms with E-state index in [1.807, 2.05) is 30.3 Å². The van der Waals surface area contributed by atoms with Crippen LogP contribution in [0.2, 0.25) is 0 Å². The Labute approximate surface area is 407 Å². The molecule has 16 heteroatoms. The number of aryl methyl sites for hydroxylation is 3. The molecule has 4 bridgehead atoms. The smallest absolute Gasteiger partial charge is 0.226 e. The summed E-state index contributed by atoms with van der Waals surface area (Å²) >= 11 is 0. The summed E-state index contributed by atoms with van der Waals surface area (Å²) in [5, 5.41) is 24.1. The lowest BCUT2D eigenvalue weighted by atomic mass is 9.86. The van der Waals surface area contributed by atoms with Gasteiger partial charge in [0.15, 0.2) is 23.2 Å². The first-order valence-electron chi connectivity index (χ1n) is 23.0. The number of amides is 2. The zero-order valence-electron chi connectivity index (χ0n) is 40.4. The molecule has 3 aromatic carbocycles. The lowest BCUT2D eigenvalue weighted by molar-refractivity contribution is -0.142. The Morgan fingerprint density at radius 2 is 1.63 bits per heavy atom. The summed E-state index contributed by atoms with van der Waals surface area (Å²) < 4.78 is 6.08. The number of phenolic OH excluding ortho intramolecular Hbond substituents is 1.